The molecule has 0 aromatic rings. The zero-order valence-corrected chi connectivity index (χ0v) is 11.8. The second-order valence-electron chi connectivity index (χ2n) is 2.10. The minimum atomic E-state index is -2.76. The van der Waals surface area contributed by atoms with Gasteiger partial charge in [0.25, 0.3) is 0 Å². The third kappa shape index (κ3) is 11.0. The Balaban J connectivity index is 0. The van der Waals surface area contributed by atoms with Gasteiger partial charge in [0.05, 0.1) is 0 Å². The van der Waals surface area contributed by atoms with Gasteiger partial charge in [0.1, 0.15) is 0 Å². The molecule has 6 heteroatoms. The average molecular weight is 228 g/mol. The van der Waals surface area contributed by atoms with E-state index in [-0.39, 0.29) is 58.1 Å². The number of nitrogens with zero attached hydrogens (tertiary/aromatic N) is 1. The molecule has 0 rings (SSSR count). The van der Waals surface area contributed by atoms with E-state index in [2.05, 4.69) is 17.7 Å². The Bertz CT molecular complexity index is 167. The molecule has 0 aliphatic rings. The van der Waals surface area contributed by atoms with E-state index in [1.807, 2.05) is 0 Å². The largest absolute Gasteiger partial charge is 1.00 e. The van der Waals surface area contributed by atoms with Gasteiger partial charge < -0.3 is 4.89 Å². The Morgan fingerprint density at radius 1 is 1.38 bits per heavy atom. The molecule has 0 aromatic heterocycles. The van der Waals surface area contributed by atoms with E-state index in [1.54, 1.807) is 17.1 Å². The van der Waals surface area contributed by atoms with Gasteiger partial charge in [-0.05, 0) is 4.57 Å². The van der Waals surface area contributed by atoms with Crippen LogP contribution in [-0.2, 0) is 9.09 Å². The fourth-order valence-corrected chi connectivity index (χ4v) is 0.931. The molecule has 0 aliphatic heterocycles. The van der Waals surface area contributed by atoms with Crippen molar-refractivity contribution in [1.29, 1.82) is 0 Å². The molecule has 0 bridgehead atoms. The van der Waals surface area contributed by atoms with Crippen molar-refractivity contribution in [2.45, 2.75) is 0 Å². The van der Waals surface area contributed by atoms with Crippen LogP contribution < -0.4 is 56.3 Å². The molecule has 0 aromatic carbocycles. The quantitative estimate of drug-likeness (QED) is 0.212. The van der Waals surface area contributed by atoms with Crippen molar-refractivity contribution in [3.63, 3.8) is 0 Å². The second kappa shape index (κ2) is 11.2. The maximum Gasteiger partial charge on any atom is 1.00 e. The van der Waals surface area contributed by atoms with Crippen LogP contribution in [-0.4, -0.2) is 24.7 Å². The summed E-state index contributed by atoms with van der Waals surface area (Å²) in [5, 5.41) is 0. The third-order valence-corrected chi connectivity index (χ3v) is 1.45. The van der Waals surface area contributed by atoms with Gasteiger partial charge in [0, 0.05) is 13.1 Å². The molecule has 68 valence electrons. The van der Waals surface area contributed by atoms with Crippen molar-refractivity contribution < 1.29 is 65.4 Å². The molecular weight excluding hydrogens is 216 g/mol. The molecule has 0 N–H and O–H groups in total. The van der Waals surface area contributed by atoms with Gasteiger partial charge >= 0.3 is 59.6 Å². The zero-order chi connectivity index (χ0) is 9.40. The second-order valence-corrected chi connectivity index (χ2v) is 2.80. The summed E-state index contributed by atoms with van der Waals surface area (Å²) in [6, 6.07) is 0. The summed E-state index contributed by atoms with van der Waals surface area (Å²) >= 11 is 0. The summed E-state index contributed by atoms with van der Waals surface area (Å²) in [7, 11) is -2.76. The molecule has 1 atom stereocenters. The van der Waals surface area contributed by atoms with Crippen molar-refractivity contribution >= 4 is 8.25 Å². The van der Waals surface area contributed by atoms with E-state index in [0.29, 0.717) is 13.1 Å². The number of hydrogen-bond acceptors (Lipinski definition) is 4. The van der Waals surface area contributed by atoms with E-state index in [4.69, 9.17) is 0 Å². The first-order valence-corrected chi connectivity index (χ1v) is 4.51. The molecule has 13 heavy (non-hydrogen) atoms. The van der Waals surface area contributed by atoms with Crippen molar-refractivity contribution in [2.75, 3.05) is 19.8 Å². The predicted molar refractivity (Wildman–Crippen MR) is 45.5 cm³/mol. The van der Waals surface area contributed by atoms with E-state index >= 15 is 0 Å². The van der Waals surface area contributed by atoms with Crippen molar-refractivity contribution in [3.8, 4) is 0 Å². The summed E-state index contributed by atoms with van der Waals surface area (Å²) in [6.45, 7) is 8.26. The van der Waals surface area contributed by atoms with Crippen LogP contribution in [0.25, 0.3) is 0 Å². The van der Waals surface area contributed by atoms with Crippen molar-refractivity contribution in [3.05, 3.63) is 25.3 Å². The fraction of sp³-hybridized carbons (Fsp3) is 0.429. The smallest absolute Gasteiger partial charge is 0.566 e. The van der Waals surface area contributed by atoms with Gasteiger partial charge in [-0.1, -0.05) is 12.2 Å². The summed E-state index contributed by atoms with van der Waals surface area (Å²) in [6.07, 6.45) is 3.34. The van der Waals surface area contributed by atoms with Gasteiger partial charge in [-0.15, -0.1) is 17.7 Å². The summed E-state index contributed by atoms with van der Waals surface area (Å²) in [4.78, 5) is 11.8. The van der Waals surface area contributed by atoms with Gasteiger partial charge in [-0.3, -0.25) is 4.90 Å². The molecular formula is C7H12KNO3P+. The van der Waals surface area contributed by atoms with Crippen LogP contribution in [0.4, 0.5) is 0 Å². The zero-order valence-electron chi connectivity index (χ0n) is 7.81. The van der Waals surface area contributed by atoms with E-state index in [1.165, 1.54) is 0 Å². The first-order valence-electron chi connectivity index (χ1n) is 3.42. The fourth-order valence-electron chi connectivity index (χ4n) is 0.674. The normalized spacial score (nSPS) is 10.5. The molecule has 4 nitrogen and oxygen atoms in total. The molecule has 0 saturated heterocycles. The summed E-state index contributed by atoms with van der Waals surface area (Å²) in [5.41, 5.74) is 0. The first kappa shape index (κ1) is 16.5. The predicted octanol–water partition coefficient (Wildman–Crippen LogP) is -2.34. The van der Waals surface area contributed by atoms with Crippen LogP contribution in [0.5, 0.6) is 0 Å². The van der Waals surface area contributed by atoms with Crippen LogP contribution in [0, 0.1) is 0 Å². The Morgan fingerprint density at radius 2 is 1.85 bits per heavy atom. The minimum Gasteiger partial charge on any atom is -0.566 e. The maximum absolute atomic E-state index is 10.0. The van der Waals surface area contributed by atoms with Crippen LogP contribution in [0.1, 0.15) is 0 Å². The molecule has 0 aliphatic carbocycles. The van der Waals surface area contributed by atoms with E-state index < -0.39 is 8.25 Å². The third-order valence-electron chi connectivity index (χ3n) is 1.12. The Kier molecular flexibility index (Phi) is 14.2. The van der Waals surface area contributed by atoms with Crippen molar-refractivity contribution in [1.82, 2.24) is 4.90 Å². The standard InChI is InChI=1S/C7H12NO3P.K/c1-3-5-8(6-4-2)7-11-12(9)10;/h3-4H,1-2,5-7H2;/q;+1. The molecule has 0 spiro atoms. The maximum atomic E-state index is 10.0. The SMILES string of the molecule is C=CCN(CC=C)CO[P+](=O)[O-].[K+]. The van der Waals surface area contributed by atoms with Crippen molar-refractivity contribution in [2.24, 2.45) is 0 Å². The summed E-state index contributed by atoms with van der Waals surface area (Å²) < 4.78 is 14.4. The van der Waals surface area contributed by atoms with Gasteiger partial charge in [-0.2, -0.15) is 0 Å². The topological polar surface area (TPSA) is 52.6 Å². The van der Waals surface area contributed by atoms with Crippen LogP contribution >= 0.6 is 8.25 Å². The minimum absolute atomic E-state index is 0. The molecule has 0 amide bonds. The Morgan fingerprint density at radius 3 is 2.15 bits per heavy atom. The monoisotopic (exact) mass is 228 g/mol. The molecule has 1 unspecified atom stereocenters. The van der Waals surface area contributed by atoms with Crippen LogP contribution in [0.2, 0.25) is 0 Å². The summed E-state index contributed by atoms with van der Waals surface area (Å²) in [5.74, 6) is 0. The van der Waals surface area contributed by atoms with E-state index in [9.17, 15) is 9.46 Å². The van der Waals surface area contributed by atoms with Gasteiger partial charge in [-0.25, -0.2) is 0 Å². The average Bonchev–Trinajstić information content (AvgIpc) is 2.01. The Hall–Kier alpha value is 1.10. The van der Waals surface area contributed by atoms with Gasteiger partial charge in [0.15, 0.2) is 6.73 Å². The number of rotatable bonds is 7. The molecule has 0 saturated carbocycles. The van der Waals surface area contributed by atoms with E-state index in [0.717, 1.165) is 0 Å². The van der Waals surface area contributed by atoms with Crippen LogP contribution in [0.3, 0.4) is 0 Å². The van der Waals surface area contributed by atoms with Gasteiger partial charge in [0.2, 0.25) is 0 Å². The Labute approximate surface area is 122 Å². The van der Waals surface area contributed by atoms with Crippen LogP contribution in [0.15, 0.2) is 25.3 Å². The molecule has 0 radical (unpaired) electrons. The first-order chi connectivity index (χ1) is 5.70. The molecule has 0 fully saturated rings. The molecule has 0 heterocycles. The number of hydrogen-bond donors (Lipinski definition) is 0.